The first kappa shape index (κ1) is 13.0. The molecule has 0 saturated heterocycles. The van der Waals surface area contributed by atoms with E-state index in [1.165, 1.54) is 5.56 Å². The number of nitrogens with zero attached hydrogens (tertiary/aromatic N) is 1. The van der Waals surface area contributed by atoms with Crippen LogP contribution >= 0.6 is 0 Å². The highest BCUT2D eigenvalue weighted by molar-refractivity contribution is 5.40. The van der Waals surface area contributed by atoms with E-state index in [1.54, 1.807) is 0 Å². The molecule has 90 valence electrons. The Hall–Kier alpha value is -1.02. The topological polar surface area (TPSA) is 29.3 Å². The summed E-state index contributed by atoms with van der Waals surface area (Å²) >= 11 is 0. The van der Waals surface area contributed by atoms with Gasteiger partial charge in [-0.15, -0.1) is 0 Å². The molecular weight excluding hydrogens is 196 g/mol. The fourth-order valence-electron chi connectivity index (χ4n) is 1.83. The van der Waals surface area contributed by atoms with Gasteiger partial charge < -0.3 is 5.73 Å². The molecule has 0 aliphatic heterocycles. The molecule has 0 aliphatic rings. The first-order valence-corrected chi connectivity index (χ1v) is 6.01. The summed E-state index contributed by atoms with van der Waals surface area (Å²) < 4.78 is 0. The number of anilines is 1. The van der Waals surface area contributed by atoms with Crippen molar-refractivity contribution in [2.24, 2.45) is 5.92 Å². The average Bonchev–Trinajstić information content (AvgIpc) is 2.27. The van der Waals surface area contributed by atoms with Gasteiger partial charge in [0.05, 0.1) is 0 Å². The Morgan fingerprint density at radius 2 is 1.50 bits per heavy atom. The molecule has 2 nitrogen and oxygen atoms in total. The number of nitrogen functional groups attached to an aromatic ring is 1. The monoisotopic (exact) mass is 220 g/mol. The molecule has 1 rings (SSSR count). The van der Waals surface area contributed by atoms with Crippen LogP contribution in [0, 0.1) is 5.92 Å². The zero-order valence-electron chi connectivity index (χ0n) is 11.1. The number of nitrogens with two attached hydrogens (primary N) is 1. The first-order chi connectivity index (χ1) is 7.43. The van der Waals surface area contributed by atoms with Crippen molar-refractivity contribution in [2.45, 2.75) is 39.8 Å². The molecule has 2 unspecified atom stereocenters. The summed E-state index contributed by atoms with van der Waals surface area (Å²) in [5.74, 6) is 0.668. The van der Waals surface area contributed by atoms with E-state index in [4.69, 9.17) is 5.73 Å². The molecule has 0 heterocycles. The smallest absolute Gasteiger partial charge is 0.0319 e. The number of benzene rings is 1. The molecule has 0 aromatic heterocycles. The van der Waals surface area contributed by atoms with Crippen molar-refractivity contribution in [3.05, 3.63) is 29.8 Å². The number of hydrogen-bond acceptors (Lipinski definition) is 2. The fraction of sp³-hybridized carbons (Fsp3) is 0.571. The van der Waals surface area contributed by atoms with Crippen LogP contribution in [0.15, 0.2) is 24.3 Å². The highest BCUT2D eigenvalue weighted by atomic mass is 15.2. The van der Waals surface area contributed by atoms with Gasteiger partial charge in [-0.1, -0.05) is 26.0 Å². The van der Waals surface area contributed by atoms with Gasteiger partial charge in [-0.2, -0.15) is 0 Å². The summed E-state index contributed by atoms with van der Waals surface area (Å²) in [6, 6.07) is 9.18. The second-order valence-corrected chi connectivity index (χ2v) is 4.99. The van der Waals surface area contributed by atoms with E-state index in [2.05, 4.69) is 51.8 Å². The van der Waals surface area contributed by atoms with Gasteiger partial charge in [0, 0.05) is 17.8 Å². The van der Waals surface area contributed by atoms with Crippen LogP contribution in [0.5, 0.6) is 0 Å². The Morgan fingerprint density at radius 1 is 1.00 bits per heavy atom. The maximum absolute atomic E-state index is 5.70. The molecule has 1 aromatic carbocycles. The van der Waals surface area contributed by atoms with Crippen molar-refractivity contribution in [1.29, 1.82) is 0 Å². The Kier molecular flexibility index (Phi) is 4.36. The Bertz CT molecular complexity index is 316. The lowest BCUT2D eigenvalue weighted by Crippen LogP contribution is -2.35. The van der Waals surface area contributed by atoms with E-state index >= 15 is 0 Å². The van der Waals surface area contributed by atoms with Gasteiger partial charge in [-0.3, -0.25) is 4.90 Å². The lowest BCUT2D eigenvalue weighted by Gasteiger charge is -2.33. The van der Waals surface area contributed by atoms with E-state index in [9.17, 15) is 0 Å². The van der Waals surface area contributed by atoms with Crippen molar-refractivity contribution < 1.29 is 0 Å². The molecule has 0 bridgehead atoms. The van der Waals surface area contributed by atoms with Gasteiger partial charge in [0.1, 0.15) is 0 Å². The molecule has 16 heavy (non-hydrogen) atoms. The predicted molar refractivity (Wildman–Crippen MR) is 71.3 cm³/mol. The molecule has 1 aromatic rings. The maximum atomic E-state index is 5.70. The molecule has 2 N–H and O–H groups in total. The second kappa shape index (κ2) is 5.35. The van der Waals surface area contributed by atoms with E-state index in [-0.39, 0.29) is 0 Å². The van der Waals surface area contributed by atoms with Crippen LogP contribution in [-0.2, 0) is 0 Å². The predicted octanol–water partition coefficient (Wildman–Crippen LogP) is 3.31. The zero-order valence-corrected chi connectivity index (χ0v) is 11.1. The second-order valence-electron chi connectivity index (χ2n) is 4.99. The van der Waals surface area contributed by atoms with Crippen LogP contribution in [-0.4, -0.2) is 18.0 Å². The van der Waals surface area contributed by atoms with E-state index in [0.717, 1.165) is 5.69 Å². The van der Waals surface area contributed by atoms with Crippen molar-refractivity contribution in [1.82, 2.24) is 4.90 Å². The van der Waals surface area contributed by atoms with Crippen LogP contribution in [0.4, 0.5) is 5.69 Å². The van der Waals surface area contributed by atoms with Crippen LogP contribution in [0.25, 0.3) is 0 Å². The van der Waals surface area contributed by atoms with Gasteiger partial charge in [0.25, 0.3) is 0 Å². The van der Waals surface area contributed by atoms with Crippen LogP contribution < -0.4 is 5.73 Å². The SMILES string of the molecule is CC(C)C(C)N(C)C(C)c1ccc(N)cc1. The van der Waals surface area contributed by atoms with Crippen LogP contribution in [0.3, 0.4) is 0 Å². The third kappa shape index (κ3) is 2.99. The highest BCUT2D eigenvalue weighted by Crippen LogP contribution is 2.23. The van der Waals surface area contributed by atoms with Crippen LogP contribution in [0.2, 0.25) is 0 Å². The summed E-state index contributed by atoms with van der Waals surface area (Å²) in [6.45, 7) is 9.04. The lowest BCUT2D eigenvalue weighted by molar-refractivity contribution is 0.158. The van der Waals surface area contributed by atoms with Gasteiger partial charge in [-0.25, -0.2) is 0 Å². The largest absolute Gasteiger partial charge is 0.399 e. The third-order valence-electron chi connectivity index (χ3n) is 3.64. The van der Waals surface area contributed by atoms with Gasteiger partial charge in [0.15, 0.2) is 0 Å². The normalized spacial score (nSPS) is 15.4. The number of hydrogen-bond donors (Lipinski definition) is 1. The molecule has 0 saturated carbocycles. The van der Waals surface area contributed by atoms with Crippen LogP contribution in [0.1, 0.15) is 39.3 Å². The standard InChI is InChI=1S/C14H24N2/c1-10(2)11(3)16(5)12(4)13-6-8-14(15)9-7-13/h6-12H,15H2,1-5H3. The summed E-state index contributed by atoms with van der Waals surface area (Å²) in [5.41, 5.74) is 7.85. The minimum atomic E-state index is 0.429. The quantitative estimate of drug-likeness (QED) is 0.789. The molecule has 2 heteroatoms. The molecule has 2 atom stereocenters. The fourth-order valence-corrected chi connectivity index (χ4v) is 1.83. The number of rotatable bonds is 4. The molecule has 0 spiro atoms. The van der Waals surface area contributed by atoms with Gasteiger partial charge in [0.2, 0.25) is 0 Å². The van der Waals surface area contributed by atoms with Crippen molar-refractivity contribution >= 4 is 5.69 Å². The minimum Gasteiger partial charge on any atom is -0.399 e. The molecule has 0 amide bonds. The summed E-state index contributed by atoms with van der Waals surface area (Å²) in [5, 5.41) is 0. The first-order valence-electron chi connectivity index (χ1n) is 6.01. The zero-order chi connectivity index (χ0) is 12.3. The van der Waals surface area contributed by atoms with E-state index in [1.807, 2.05) is 12.1 Å². The Morgan fingerprint density at radius 3 is 1.94 bits per heavy atom. The highest BCUT2D eigenvalue weighted by Gasteiger charge is 2.19. The summed E-state index contributed by atoms with van der Waals surface area (Å²) in [6.07, 6.45) is 0. The van der Waals surface area contributed by atoms with E-state index < -0.39 is 0 Å². The molecule has 0 fully saturated rings. The summed E-state index contributed by atoms with van der Waals surface area (Å²) in [7, 11) is 2.19. The Balaban J connectivity index is 2.77. The summed E-state index contributed by atoms with van der Waals surface area (Å²) in [4.78, 5) is 2.41. The third-order valence-corrected chi connectivity index (χ3v) is 3.64. The molecule has 0 aliphatic carbocycles. The average molecular weight is 220 g/mol. The molecular formula is C14H24N2. The maximum Gasteiger partial charge on any atom is 0.0319 e. The van der Waals surface area contributed by atoms with Crippen molar-refractivity contribution in [3.63, 3.8) is 0 Å². The molecule has 0 radical (unpaired) electrons. The van der Waals surface area contributed by atoms with E-state index in [0.29, 0.717) is 18.0 Å². The Labute approximate surface area is 99.5 Å². The van der Waals surface area contributed by atoms with Gasteiger partial charge >= 0.3 is 0 Å². The minimum absolute atomic E-state index is 0.429. The van der Waals surface area contributed by atoms with Crippen molar-refractivity contribution in [3.8, 4) is 0 Å². The van der Waals surface area contributed by atoms with Gasteiger partial charge in [-0.05, 0) is 44.5 Å². The van der Waals surface area contributed by atoms with Crippen molar-refractivity contribution in [2.75, 3.05) is 12.8 Å². The lowest BCUT2D eigenvalue weighted by atomic mass is 10.0.